The molecule has 154 valence electrons. The Hall–Kier alpha value is -1.54. The molecule has 0 bridgehead atoms. The Bertz CT molecular complexity index is 740. The van der Waals surface area contributed by atoms with E-state index >= 15 is 0 Å². The van der Waals surface area contributed by atoms with Crippen LogP contribution in [0.1, 0.15) is 56.5 Å². The average molecular weight is 397 g/mol. The maximum absolute atomic E-state index is 12.9. The van der Waals surface area contributed by atoms with Crippen LogP contribution >= 0.6 is 0 Å². The first kappa shape index (κ1) is 21.2. The average Bonchev–Trinajstić information content (AvgIpc) is 2.81. The van der Waals surface area contributed by atoms with Crippen molar-refractivity contribution in [1.82, 2.24) is 4.90 Å². The highest BCUT2D eigenvalue weighted by Crippen LogP contribution is 2.37. The molecule has 0 N–H and O–H groups in total. The second-order valence-corrected chi connectivity index (χ2v) is 8.77. The van der Waals surface area contributed by atoms with E-state index in [4.69, 9.17) is 9.31 Å². The molecule has 2 aliphatic rings. The molecule has 1 aromatic carbocycles. The van der Waals surface area contributed by atoms with Crippen molar-refractivity contribution in [2.75, 3.05) is 13.1 Å². The van der Waals surface area contributed by atoms with E-state index < -0.39 is 30.4 Å². The second-order valence-electron chi connectivity index (χ2n) is 8.77. The van der Waals surface area contributed by atoms with E-state index in [9.17, 15) is 18.0 Å². The third-order valence-electron chi connectivity index (χ3n) is 6.28. The smallest absolute Gasteiger partial charge is 0.399 e. The Kier molecular flexibility index (Phi) is 5.34. The molecular formula is C20H27BF3NO3. The minimum absolute atomic E-state index is 0.0504. The number of hydrogen-bond donors (Lipinski definition) is 0. The van der Waals surface area contributed by atoms with Crippen molar-refractivity contribution in [3.8, 4) is 0 Å². The number of rotatable bonds is 2. The van der Waals surface area contributed by atoms with Crippen molar-refractivity contribution in [2.45, 2.75) is 64.8 Å². The predicted molar refractivity (Wildman–Crippen MR) is 102 cm³/mol. The molecule has 0 aromatic heterocycles. The fourth-order valence-corrected chi connectivity index (χ4v) is 3.59. The van der Waals surface area contributed by atoms with Gasteiger partial charge in [0.1, 0.15) is 0 Å². The Morgan fingerprint density at radius 3 is 2.14 bits per heavy atom. The molecule has 28 heavy (non-hydrogen) atoms. The molecule has 2 aliphatic heterocycles. The monoisotopic (exact) mass is 397 g/mol. The highest BCUT2D eigenvalue weighted by molar-refractivity contribution is 6.62. The molecule has 4 nitrogen and oxygen atoms in total. The maximum atomic E-state index is 12.9. The molecule has 1 amide bonds. The van der Waals surface area contributed by atoms with E-state index in [0.29, 0.717) is 5.56 Å². The van der Waals surface area contributed by atoms with Crippen molar-refractivity contribution in [2.24, 2.45) is 5.92 Å². The molecule has 0 atom stereocenters. The molecule has 0 aliphatic carbocycles. The molecular weight excluding hydrogens is 370 g/mol. The van der Waals surface area contributed by atoms with Crippen LogP contribution in [-0.2, 0) is 9.31 Å². The first-order valence-corrected chi connectivity index (χ1v) is 9.64. The third kappa shape index (κ3) is 3.94. The summed E-state index contributed by atoms with van der Waals surface area (Å²) in [6.07, 6.45) is -4.29. The summed E-state index contributed by atoms with van der Waals surface area (Å²) in [6, 6.07) is 5.29. The Morgan fingerprint density at radius 2 is 1.64 bits per heavy atom. The van der Waals surface area contributed by atoms with Gasteiger partial charge in [0.05, 0.1) is 17.1 Å². The zero-order valence-electron chi connectivity index (χ0n) is 17.0. The molecule has 0 unspecified atom stereocenters. The van der Waals surface area contributed by atoms with E-state index in [-0.39, 0.29) is 31.8 Å². The van der Waals surface area contributed by atoms with Gasteiger partial charge in [-0.15, -0.1) is 0 Å². The second kappa shape index (κ2) is 7.06. The van der Waals surface area contributed by atoms with Crippen LogP contribution in [0.25, 0.3) is 0 Å². The summed E-state index contributed by atoms with van der Waals surface area (Å²) in [6.45, 7) is 9.99. The minimum atomic E-state index is -4.19. The van der Waals surface area contributed by atoms with Crippen LogP contribution in [0.3, 0.4) is 0 Å². The van der Waals surface area contributed by atoms with Gasteiger partial charge in [0.15, 0.2) is 0 Å². The van der Waals surface area contributed by atoms with E-state index in [1.807, 2.05) is 40.7 Å². The normalized spacial score (nSPS) is 22.6. The van der Waals surface area contributed by atoms with Gasteiger partial charge in [-0.3, -0.25) is 4.79 Å². The number of hydrogen-bond acceptors (Lipinski definition) is 3. The van der Waals surface area contributed by atoms with Gasteiger partial charge in [-0.2, -0.15) is 13.2 Å². The van der Waals surface area contributed by atoms with Crippen molar-refractivity contribution in [3.05, 3.63) is 29.3 Å². The molecule has 1 aromatic rings. The minimum Gasteiger partial charge on any atom is -0.399 e. The Morgan fingerprint density at radius 1 is 1.11 bits per heavy atom. The van der Waals surface area contributed by atoms with Gasteiger partial charge in [0, 0.05) is 18.7 Å². The lowest BCUT2D eigenvalue weighted by atomic mass is 9.75. The third-order valence-corrected chi connectivity index (χ3v) is 6.28. The summed E-state index contributed by atoms with van der Waals surface area (Å²) in [7, 11) is -0.589. The predicted octanol–water partition coefficient (Wildman–Crippen LogP) is 3.71. The first-order chi connectivity index (χ1) is 12.8. The van der Waals surface area contributed by atoms with Gasteiger partial charge in [-0.1, -0.05) is 11.6 Å². The first-order valence-electron chi connectivity index (χ1n) is 9.64. The largest absolute Gasteiger partial charge is 0.495 e. The summed E-state index contributed by atoms with van der Waals surface area (Å²) < 4.78 is 50.8. The van der Waals surface area contributed by atoms with E-state index in [2.05, 4.69) is 0 Å². The fourth-order valence-electron chi connectivity index (χ4n) is 3.59. The van der Waals surface area contributed by atoms with Crippen LogP contribution in [0.4, 0.5) is 13.2 Å². The van der Waals surface area contributed by atoms with E-state index in [0.717, 1.165) is 11.0 Å². The summed E-state index contributed by atoms with van der Waals surface area (Å²) in [5.74, 6) is -1.58. The number of piperidine rings is 1. The molecule has 8 heteroatoms. The fraction of sp³-hybridized carbons (Fsp3) is 0.650. The number of likely N-dealkylation sites (tertiary alicyclic amines) is 1. The van der Waals surface area contributed by atoms with Gasteiger partial charge in [0.25, 0.3) is 5.91 Å². The molecule has 0 spiro atoms. The number of halogens is 3. The van der Waals surface area contributed by atoms with Crippen LogP contribution in [0.2, 0.25) is 0 Å². The lowest BCUT2D eigenvalue weighted by molar-refractivity contribution is -0.183. The van der Waals surface area contributed by atoms with Gasteiger partial charge in [0.2, 0.25) is 0 Å². The van der Waals surface area contributed by atoms with Crippen molar-refractivity contribution in [3.63, 3.8) is 0 Å². The summed E-state index contributed by atoms with van der Waals surface area (Å²) >= 11 is 0. The number of aryl methyl sites for hydroxylation is 1. The zero-order valence-corrected chi connectivity index (χ0v) is 17.0. The summed E-state index contributed by atoms with van der Waals surface area (Å²) in [5.41, 5.74) is 1.16. The van der Waals surface area contributed by atoms with Crippen molar-refractivity contribution >= 4 is 18.5 Å². The molecule has 0 radical (unpaired) electrons. The van der Waals surface area contributed by atoms with Crippen LogP contribution in [0.5, 0.6) is 0 Å². The highest BCUT2D eigenvalue weighted by Gasteiger charge is 2.52. The number of alkyl halides is 3. The van der Waals surface area contributed by atoms with Crippen LogP contribution in [0.15, 0.2) is 18.2 Å². The van der Waals surface area contributed by atoms with Crippen LogP contribution < -0.4 is 5.46 Å². The molecule has 3 rings (SSSR count). The number of carbonyl (C=O) groups is 1. The number of carbonyl (C=O) groups excluding carboxylic acids is 1. The topological polar surface area (TPSA) is 38.8 Å². The zero-order chi connectivity index (χ0) is 20.9. The Balaban J connectivity index is 1.76. The van der Waals surface area contributed by atoms with Crippen molar-refractivity contribution < 1.29 is 27.3 Å². The SMILES string of the molecule is Cc1ccc(C(=O)N2CCC(C(F)(F)F)CC2)cc1B1OC(C)(C)C(C)(C)O1. The van der Waals surface area contributed by atoms with Gasteiger partial charge >= 0.3 is 13.3 Å². The Labute approximate surface area is 164 Å². The van der Waals surface area contributed by atoms with Crippen LogP contribution in [-0.4, -0.2) is 48.4 Å². The van der Waals surface area contributed by atoms with Crippen LogP contribution in [0, 0.1) is 12.8 Å². The number of benzene rings is 1. The maximum Gasteiger partial charge on any atom is 0.495 e. The standard InChI is InChI=1S/C20H27BF3NO3/c1-13-6-7-14(12-16(13)21-27-18(2,3)19(4,5)28-21)17(26)25-10-8-15(9-11-25)20(22,23)24/h6-7,12,15H,8-11H2,1-5H3. The van der Waals surface area contributed by atoms with E-state index in [1.165, 1.54) is 4.90 Å². The van der Waals surface area contributed by atoms with Gasteiger partial charge in [-0.05, 0) is 65.1 Å². The lowest BCUT2D eigenvalue weighted by Gasteiger charge is -2.33. The van der Waals surface area contributed by atoms with Crippen molar-refractivity contribution in [1.29, 1.82) is 0 Å². The van der Waals surface area contributed by atoms with E-state index in [1.54, 1.807) is 12.1 Å². The molecule has 2 saturated heterocycles. The highest BCUT2D eigenvalue weighted by atomic mass is 19.4. The van der Waals surface area contributed by atoms with Gasteiger partial charge in [-0.25, -0.2) is 0 Å². The number of amides is 1. The summed E-state index contributed by atoms with van der Waals surface area (Å²) in [4.78, 5) is 14.4. The molecule has 0 saturated carbocycles. The van der Waals surface area contributed by atoms with Gasteiger partial charge < -0.3 is 14.2 Å². The quantitative estimate of drug-likeness (QED) is 0.715. The molecule has 2 fully saturated rings. The number of nitrogens with zero attached hydrogens (tertiary/aromatic N) is 1. The molecule has 2 heterocycles. The summed E-state index contributed by atoms with van der Waals surface area (Å²) in [5, 5.41) is 0. The lowest BCUT2D eigenvalue weighted by Crippen LogP contribution is -2.43.